The number of rotatable bonds is 4. The topological polar surface area (TPSA) is 0 Å². The zero-order valence-corrected chi connectivity index (χ0v) is 31.3. The largest absolute Gasteiger partial charge is 0.0683 e. The lowest BCUT2D eigenvalue weighted by Crippen LogP contribution is -2.50. The van der Waals surface area contributed by atoms with Crippen LogP contribution in [0.3, 0.4) is 0 Å². The van der Waals surface area contributed by atoms with E-state index in [1.54, 1.807) is 0 Å². The minimum atomic E-state index is 0.327. The molecule has 0 spiro atoms. The van der Waals surface area contributed by atoms with E-state index < -0.39 is 0 Å². The molecule has 0 heteroatoms. The molecule has 2 atom stereocenters. The third kappa shape index (κ3) is 16.6. The van der Waals surface area contributed by atoms with Crippen molar-refractivity contribution < 1.29 is 0 Å². The molecule has 2 unspecified atom stereocenters. The Kier molecular flexibility index (Phi) is 28.8. The predicted octanol–water partition coefficient (Wildman–Crippen LogP) is 14.7. The van der Waals surface area contributed by atoms with Crippen molar-refractivity contribution in [3.63, 3.8) is 0 Å². The summed E-state index contributed by atoms with van der Waals surface area (Å²) >= 11 is 0. The van der Waals surface area contributed by atoms with Crippen LogP contribution in [0.1, 0.15) is 204 Å². The third-order valence-electron chi connectivity index (χ3n) is 9.83. The van der Waals surface area contributed by atoms with Crippen LogP contribution in [-0.4, -0.2) is 0 Å². The highest BCUT2D eigenvalue weighted by Gasteiger charge is 2.57. The first-order chi connectivity index (χ1) is 16.7. The molecule has 0 radical (unpaired) electrons. The van der Waals surface area contributed by atoms with Crippen LogP contribution in [0.2, 0.25) is 0 Å². The van der Waals surface area contributed by atoms with Crippen LogP contribution in [-0.2, 0) is 0 Å². The Morgan fingerprint density at radius 1 is 0.541 bits per heavy atom. The lowest BCUT2D eigenvalue weighted by Gasteiger charge is -2.57. The van der Waals surface area contributed by atoms with Crippen molar-refractivity contribution in [2.24, 2.45) is 38.9 Å². The molecule has 0 nitrogen and oxygen atoms in total. The van der Waals surface area contributed by atoms with Crippen LogP contribution >= 0.6 is 0 Å². The molecule has 0 amide bonds. The van der Waals surface area contributed by atoms with Gasteiger partial charge in [-0.2, -0.15) is 0 Å². The highest BCUT2D eigenvalue weighted by Crippen LogP contribution is 2.64. The van der Waals surface area contributed by atoms with E-state index in [4.69, 9.17) is 0 Å². The average molecular weight is 529 g/mol. The van der Waals surface area contributed by atoms with Crippen LogP contribution < -0.4 is 0 Å². The zero-order chi connectivity index (χ0) is 31.3. The van der Waals surface area contributed by atoms with Gasteiger partial charge in [-0.3, -0.25) is 0 Å². The molecule has 0 bridgehead atoms. The summed E-state index contributed by atoms with van der Waals surface area (Å²) in [5.41, 5.74) is 1.84. The minimum absolute atomic E-state index is 0.327. The SMILES string of the molecule is CC.CC.CC1C(C(C)(C)C(C)(C)C)C(C)(C)CCC(C)(C)C1(C)C.CCCC.CCCC.CCCC. The van der Waals surface area contributed by atoms with Gasteiger partial charge in [0.1, 0.15) is 0 Å². The van der Waals surface area contributed by atoms with Crippen molar-refractivity contribution in [3.05, 3.63) is 0 Å². The average Bonchev–Trinajstić information content (AvgIpc) is 2.88. The van der Waals surface area contributed by atoms with Gasteiger partial charge < -0.3 is 0 Å². The van der Waals surface area contributed by atoms with E-state index in [0.717, 1.165) is 11.8 Å². The van der Waals surface area contributed by atoms with Crippen LogP contribution in [0.4, 0.5) is 0 Å². The summed E-state index contributed by atoms with van der Waals surface area (Å²) in [5, 5.41) is 0. The first kappa shape index (κ1) is 46.8. The lowest BCUT2D eigenvalue weighted by atomic mass is 9.48. The summed E-state index contributed by atoms with van der Waals surface area (Å²) in [4.78, 5) is 0. The van der Waals surface area contributed by atoms with Crippen molar-refractivity contribution in [1.82, 2.24) is 0 Å². The van der Waals surface area contributed by atoms with Gasteiger partial charge in [0.25, 0.3) is 0 Å². The van der Waals surface area contributed by atoms with Gasteiger partial charge in [-0.25, -0.2) is 0 Å². The molecule has 37 heavy (non-hydrogen) atoms. The highest BCUT2D eigenvalue weighted by atomic mass is 14.6. The maximum Gasteiger partial charge on any atom is -0.0269 e. The first-order valence-electron chi connectivity index (χ1n) is 16.7. The molecule has 0 aromatic rings. The van der Waals surface area contributed by atoms with Crippen molar-refractivity contribution in [2.45, 2.75) is 204 Å². The smallest absolute Gasteiger partial charge is 0.0269 e. The number of hydrogen-bond acceptors (Lipinski definition) is 0. The maximum atomic E-state index is 2.53. The Balaban J connectivity index is -0.000000175. The van der Waals surface area contributed by atoms with E-state index in [1.807, 2.05) is 27.7 Å². The van der Waals surface area contributed by atoms with Gasteiger partial charge in [-0.15, -0.1) is 0 Å². The second-order valence-electron chi connectivity index (χ2n) is 14.3. The summed E-state index contributed by atoms with van der Waals surface area (Å²) in [7, 11) is 0. The van der Waals surface area contributed by atoms with E-state index >= 15 is 0 Å². The van der Waals surface area contributed by atoms with Crippen LogP contribution in [0.15, 0.2) is 0 Å². The molecule has 1 saturated carbocycles. The second kappa shape index (κ2) is 22.8. The molecule has 232 valence electrons. The van der Waals surface area contributed by atoms with Gasteiger partial charge in [0.15, 0.2) is 0 Å². The van der Waals surface area contributed by atoms with E-state index in [9.17, 15) is 0 Å². The van der Waals surface area contributed by atoms with Gasteiger partial charge in [0, 0.05) is 0 Å². The van der Waals surface area contributed by atoms with Crippen LogP contribution in [0, 0.1) is 38.9 Å². The van der Waals surface area contributed by atoms with Crippen molar-refractivity contribution in [3.8, 4) is 0 Å². The fraction of sp³-hybridized carbons (Fsp3) is 1.00. The standard InChI is InChI=1S/C21H42.3C4H10.2C2H6/c1-15-16(21(11,12)17(2,3)4)18(5,6)13-14-19(7,8)20(15,9)10;3*1-3-4-2;2*1-2/h15-16H,13-14H2,1-12H3;3*3-4H2,1-2H3;2*1-2H3. The molecule has 1 aliphatic carbocycles. The summed E-state index contributed by atoms with van der Waals surface area (Å²) in [6, 6.07) is 0. The zero-order valence-electron chi connectivity index (χ0n) is 31.3. The van der Waals surface area contributed by atoms with Gasteiger partial charge in [-0.1, -0.05) is 191 Å². The first-order valence-corrected chi connectivity index (χ1v) is 16.7. The third-order valence-corrected chi connectivity index (χ3v) is 9.83. The van der Waals surface area contributed by atoms with Crippen molar-refractivity contribution in [2.75, 3.05) is 0 Å². The molecule has 0 heterocycles. The van der Waals surface area contributed by atoms with Gasteiger partial charge in [0.2, 0.25) is 0 Å². The van der Waals surface area contributed by atoms with E-state index in [0.29, 0.717) is 27.1 Å². The molecular weight excluding hydrogens is 444 g/mol. The summed E-state index contributed by atoms with van der Waals surface area (Å²) in [5.74, 6) is 1.46. The monoisotopic (exact) mass is 529 g/mol. The van der Waals surface area contributed by atoms with Crippen LogP contribution in [0.25, 0.3) is 0 Å². The Morgan fingerprint density at radius 2 is 0.811 bits per heavy atom. The van der Waals surface area contributed by atoms with Gasteiger partial charge >= 0.3 is 0 Å². The van der Waals surface area contributed by atoms with E-state index in [-0.39, 0.29) is 0 Å². The molecule has 1 aliphatic rings. The van der Waals surface area contributed by atoms with Gasteiger partial charge in [-0.05, 0) is 51.8 Å². The Bertz CT molecular complexity index is 439. The molecular formula is C37H84. The number of hydrogen-bond donors (Lipinski definition) is 0. The minimum Gasteiger partial charge on any atom is -0.0683 e. The summed E-state index contributed by atoms with van der Waals surface area (Å²) in [6.07, 6.45) is 10.6. The fourth-order valence-electron chi connectivity index (χ4n) is 4.89. The molecule has 1 fully saturated rings. The van der Waals surface area contributed by atoms with Crippen molar-refractivity contribution in [1.29, 1.82) is 0 Å². The molecule has 0 aliphatic heterocycles. The highest BCUT2D eigenvalue weighted by molar-refractivity contribution is 5.05. The fourth-order valence-corrected chi connectivity index (χ4v) is 4.89. The lowest BCUT2D eigenvalue weighted by molar-refractivity contribution is -0.0835. The van der Waals surface area contributed by atoms with Crippen molar-refractivity contribution >= 4 is 0 Å². The molecule has 1 rings (SSSR count). The Labute approximate surface area is 242 Å². The van der Waals surface area contributed by atoms with E-state index in [1.165, 1.54) is 51.4 Å². The molecule has 0 saturated heterocycles. The van der Waals surface area contributed by atoms with Gasteiger partial charge in [0.05, 0.1) is 0 Å². The Hall–Kier alpha value is 0. The second-order valence-corrected chi connectivity index (χ2v) is 14.3. The molecule has 0 aromatic carbocycles. The van der Waals surface area contributed by atoms with Crippen LogP contribution in [0.5, 0.6) is 0 Å². The number of unbranched alkanes of at least 4 members (excludes halogenated alkanes) is 3. The quantitative estimate of drug-likeness (QED) is 0.318. The molecule has 0 aromatic heterocycles. The maximum absolute atomic E-state index is 2.53. The Morgan fingerprint density at radius 3 is 1.03 bits per heavy atom. The summed E-state index contributed by atoms with van der Waals surface area (Å²) in [6.45, 7) is 51.0. The summed E-state index contributed by atoms with van der Waals surface area (Å²) < 4.78 is 0. The van der Waals surface area contributed by atoms with E-state index in [2.05, 4.69) is 125 Å². The molecule has 0 N–H and O–H groups in total. The normalized spacial score (nSPS) is 21.2. The predicted molar refractivity (Wildman–Crippen MR) is 181 cm³/mol.